The number of pyridine rings is 1. The molecular formula is C15H22N2O2. The van der Waals surface area contributed by atoms with Gasteiger partial charge in [-0.2, -0.15) is 0 Å². The van der Waals surface area contributed by atoms with Crippen molar-refractivity contribution in [3.63, 3.8) is 0 Å². The molecule has 1 aromatic rings. The molecule has 19 heavy (non-hydrogen) atoms. The summed E-state index contributed by atoms with van der Waals surface area (Å²) in [7, 11) is 0. The number of nitrogens with zero attached hydrogens (tertiary/aromatic N) is 2. The van der Waals surface area contributed by atoms with Crippen LogP contribution in [0.1, 0.15) is 41.5 Å². The molecule has 4 heteroatoms. The van der Waals surface area contributed by atoms with Crippen LogP contribution in [0.2, 0.25) is 0 Å². The summed E-state index contributed by atoms with van der Waals surface area (Å²) in [5.41, 5.74) is 2.38. The van der Waals surface area contributed by atoms with Crippen molar-refractivity contribution in [1.82, 2.24) is 9.88 Å². The fourth-order valence-electron chi connectivity index (χ4n) is 2.69. The maximum Gasteiger partial charge on any atom is 0.255 e. The predicted molar refractivity (Wildman–Crippen MR) is 74.0 cm³/mol. The Kier molecular flexibility index (Phi) is 4.20. The van der Waals surface area contributed by atoms with E-state index in [-0.39, 0.29) is 17.9 Å². The molecule has 0 bridgehead atoms. The fourth-order valence-corrected chi connectivity index (χ4v) is 2.69. The first-order valence-electron chi connectivity index (χ1n) is 6.94. The van der Waals surface area contributed by atoms with Gasteiger partial charge in [-0.3, -0.25) is 9.78 Å². The van der Waals surface area contributed by atoms with E-state index in [4.69, 9.17) is 0 Å². The minimum absolute atomic E-state index is 0.0374. The van der Waals surface area contributed by atoms with Crippen molar-refractivity contribution in [2.24, 2.45) is 5.92 Å². The maximum absolute atomic E-state index is 12.5. The quantitative estimate of drug-likeness (QED) is 0.886. The third-order valence-electron chi connectivity index (χ3n) is 3.96. The molecule has 2 atom stereocenters. The predicted octanol–water partition coefficient (Wildman–Crippen LogP) is 1.93. The Labute approximate surface area is 114 Å². The Morgan fingerprint density at radius 3 is 2.84 bits per heavy atom. The van der Waals surface area contributed by atoms with Gasteiger partial charge >= 0.3 is 0 Å². The Morgan fingerprint density at radius 2 is 2.21 bits per heavy atom. The number of carbonyl (C=O) groups excluding carboxylic acids is 1. The lowest BCUT2D eigenvalue weighted by atomic mass is 9.92. The average Bonchev–Trinajstić information content (AvgIpc) is 2.38. The number of piperidine rings is 1. The number of rotatable bonds is 2. The molecule has 0 saturated carbocycles. The van der Waals surface area contributed by atoms with Gasteiger partial charge in [-0.15, -0.1) is 0 Å². The number of likely N-dealkylation sites (tertiary alicyclic amines) is 1. The molecule has 0 aromatic carbocycles. The Hall–Kier alpha value is -1.42. The van der Waals surface area contributed by atoms with Crippen molar-refractivity contribution in [3.05, 3.63) is 29.1 Å². The van der Waals surface area contributed by atoms with E-state index in [2.05, 4.69) is 11.9 Å². The summed E-state index contributed by atoms with van der Waals surface area (Å²) in [6, 6.07) is 3.72. The molecule has 4 nitrogen and oxygen atoms in total. The van der Waals surface area contributed by atoms with Gasteiger partial charge in [0.05, 0.1) is 17.4 Å². The zero-order valence-corrected chi connectivity index (χ0v) is 11.9. The zero-order valence-electron chi connectivity index (χ0n) is 11.9. The van der Waals surface area contributed by atoms with E-state index in [0.29, 0.717) is 25.1 Å². The van der Waals surface area contributed by atoms with E-state index in [9.17, 15) is 9.90 Å². The second-order valence-corrected chi connectivity index (χ2v) is 5.36. The van der Waals surface area contributed by atoms with Crippen LogP contribution in [-0.4, -0.2) is 40.1 Å². The van der Waals surface area contributed by atoms with E-state index in [0.717, 1.165) is 17.8 Å². The minimum atomic E-state index is -0.272. The highest BCUT2D eigenvalue weighted by atomic mass is 16.3. The molecule has 1 saturated heterocycles. The molecular weight excluding hydrogens is 240 g/mol. The van der Waals surface area contributed by atoms with E-state index in [1.165, 1.54) is 0 Å². The first-order valence-corrected chi connectivity index (χ1v) is 6.94. The summed E-state index contributed by atoms with van der Waals surface area (Å²) in [6.45, 7) is 7.12. The number of carbonyl (C=O) groups is 1. The van der Waals surface area contributed by atoms with Gasteiger partial charge in [-0.25, -0.2) is 0 Å². The number of hydrogen-bond donors (Lipinski definition) is 1. The highest BCUT2D eigenvalue weighted by Crippen LogP contribution is 2.22. The molecule has 1 N–H and O–H groups in total. The van der Waals surface area contributed by atoms with Crippen LogP contribution in [0.3, 0.4) is 0 Å². The highest BCUT2D eigenvalue weighted by molar-refractivity contribution is 5.95. The van der Waals surface area contributed by atoms with Crippen molar-refractivity contribution in [2.45, 2.75) is 39.7 Å². The molecule has 1 aliphatic rings. The van der Waals surface area contributed by atoms with Crippen molar-refractivity contribution in [2.75, 3.05) is 13.1 Å². The van der Waals surface area contributed by atoms with Crippen LogP contribution < -0.4 is 0 Å². The average molecular weight is 262 g/mol. The smallest absolute Gasteiger partial charge is 0.255 e. The first-order chi connectivity index (χ1) is 9.02. The van der Waals surface area contributed by atoms with Gasteiger partial charge < -0.3 is 10.0 Å². The third kappa shape index (κ3) is 2.95. The van der Waals surface area contributed by atoms with E-state index >= 15 is 0 Å². The number of aryl methyl sites for hydroxylation is 2. The van der Waals surface area contributed by atoms with Gasteiger partial charge in [0.1, 0.15) is 0 Å². The normalized spacial score (nSPS) is 23.5. The largest absolute Gasteiger partial charge is 0.393 e. The maximum atomic E-state index is 12.5. The molecule has 0 radical (unpaired) electrons. The first kappa shape index (κ1) is 14.0. The molecule has 1 aliphatic heterocycles. The van der Waals surface area contributed by atoms with Crippen LogP contribution in [0.4, 0.5) is 0 Å². The molecule has 2 heterocycles. The number of aromatic nitrogens is 1. The summed E-state index contributed by atoms with van der Waals surface area (Å²) < 4.78 is 0. The Bertz CT molecular complexity index is 473. The second kappa shape index (κ2) is 5.70. The standard InChI is InChI=1S/C15H22N2O2/c1-4-12-9-17(8-7-14(12)18)15(19)13-6-5-10(2)16-11(13)3/h5-6,12,14,18H,4,7-9H2,1-3H3. The Balaban J connectivity index is 2.15. The molecule has 1 aromatic heterocycles. The SMILES string of the molecule is CCC1CN(C(=O)c2ccc(C)nc2C)CCC1O. The van der Waals surface area contributed by atoms with Crippen LogP contribution in [0.5, 0.6) is 0 Å². The van der Waals surface area contributed by atoms with Crippen LogP contribution >= 0.6 is 0 Å². The van der Waals surface area contributed by atoms with Gasteiger partial charge in [0.15, 0.2) is 0 Å². The monoisotopic (exact) mass is 262 g/mol. The zero-order chi connectivity index (χ0) is 14.0. The summed E-state index contributed by atoms with van der Waals surface area (Å²) >= 11 is 0. The van der Waals surface area contributed by atoms with Crippen molar-refractivity contribution in [1.29, 1.82) is 0 Å². The van der Waals surface area contributed by atoms with Crippen LogP contribution in [0, 0.1) is 19.8 Å². The topological polar surface area (TPSA) is 53.4 Å². The lowest BCUT2D eigenvalue weighted by Crippen LogP contribution is -2.46. The number of aliphatic hydroxyl groups excluding tert-OH is 1. The van der Waals surface area contributed by atoms with Crippen LogP contribution in [-0.2, 0) is 0 Å². The van der Waals surface area contributed by atoms with Crippen LogP contribution in [0.25, 0.3) is 0 Å². The number of amides is 1. The van der Waals surface area contributed by atoms with Crippen molar-refractivity contribution < 1.29 is 9.90 Å². The number of hydrogen-bond acceptors (Lipinski definition) is 3. The third-order valence-corrected chi connectivity index (χ3v) is 3.96. The molecule has 0 aliphatic carbocycles. The number of aliphatic hydroxyl groups is 1. The second-order valence-electron chi connectivity index (χ2n) is 5.36. The van der Waals surface area contributed by atoms with Gasteiger partial charge in [-0.05, 0) is 38.8 Å². The van der Waals surface area contributed by atoms with Crippen molar-refractivity contribution in [3.8, 4) is 0 Å². The lowest BCUT2D eigenvalue weighted by Gasteiger charge is -2.36. The molecule has 104 valence electrons. The molecule has 2 unspecified atom stereocenters. The lowest BCUT2D eigenvalue weighted by molar-refractivity contribution is 0.0228. The van der Waals surface area contributed by atoms with Gasteiger partial charge in [0.2, 0.25) is 0 Å². The van der Waals surface area contributed by atoms with Gasteiger partial charge in [0.25, 0.3) is 5.91 Å². The summed E-state index contributed by atoms with van der Waals surface area (Å²) in [4.78, 5) is 18.7. The van der Waals surface area contributed by atoms with E-state index < -0.39 is 0 Å². The molecule has 0 spiro atoms. The minimum Gasteiger partial charge on any atom is -0.393 e. The molecule has 2 rings (SSSR count). The molecule has 1 amide bonds. The fraction of sp³-hybridized carbons (Fsp3) is 0.600. The summed E-state index contributed by atoms with van der Waals surface area (Å²) in [5.74, 6) is 0.228. The van der Waals surface area contributed by atoms with E-state index in [1.807, 2.05) is 30.9 Å². The highest BCUT2D eigenvalue weighted by Gasteiger charge is 2.30. The summed E-state index contributed by atoms with van der Waals surface area (Å²) in [6.07, 6.45) is 1.30. The van der Waals surface area contributed by atoms with Gasteiger partial charge in [-0.1, -0.05) is 6.92 Å². The summed E-state index contributed by atoms with van der Waals surface area (Å²) in [5, 5.41) is 9.88. The van der Waals surface area contributed by atoms with Crippen molar-refractivity contribution >= 4 is 5.91 Å². The van der Waals surface area contributed by atoms with Gasteiger partial charge in [0, 0.05) is 24.7 Å². The Morgan fingerprint density at radius 1 is 1.47 bits per heavy atom. The molecule has 1 fully saturated rings. The van der Waals surface area contributed by atoms with E-state index in [1.54, 1.807) is 0 Å². The van der Waals surface area contributed by atoms with Crippen LogP contribution in [0.15, 0.2) is 12.1 Å².